The van der Waals surface area contributed by atoms with Crippen molar-refractivity contribution in [3.63, 3.8) is 0 Å². The molecule has 0 fully saturated rings. The van der Waals surface area contributed by atoms with Gasteiger partial charge < -0.3 is 10.3 Å². The Bertz CT molecular complexity index is 537. The summed E-state index contributed by atoms with van der Waals surface area (Å²) in [4.78, 5) is 20.2. The van der Waals surface area contributed by atoms with Crippen molar-refractivity contribution in [2.24, 2.45) is 0 Å². The van der Waals surface area contributed by atoms with Crippen LogP contribution in [-0.2, 0) is 11.2 Å². The maximum absolute atomic E-state index is 12.0. The van der Waals surface area contributed by atoms with E-state index in [4.69, 9.17) is 0 Å². The van der Waals surface area contributed by atoms with Crippen molar-refractivity contribution in [3.8, 4) is 0 Å². The fraction of sp³-hybridized carbons (Fsp3) is 0.333. The summed E-state index contributed by atoms with van der Waals surface area (Å²) in [5.74, 6) is 0.950. The molecular formula is C15H19N3OS. The van der Waals surface area contributed by atoms with E-state index in [9.17, 15) is 4.79 Å². The van der Waals surface area contributed by atoms with Crippen LogP contribution in [0.15, 0.2) is 41.6 Å². The molecule has 0 saturated carbocycles. The van der Waals surface area contributed by atoms with Crippen molar-refractivity contribution in [1.82, 2.24) is 15.3 Å². The summed E-state index contributed by atoms with van der Waals surface area (Å²) >= 11 is 1.57. The number of amides is 1. The molecule has 0 bridgehead atoms. The van der Waals surface area contributed by atoms with Crippen LogP contribution < -0.4 is 5.32 Å². The fourth-order valence-electron chi connectivity index (χ4n) is 1.76. The number of benzene rings is 1. The van der Waals surface area contributed by atoms with Gasteiger partial charge in [0, 0.05) is 30.3 Å². The lowest BCUT2D eigenvalue weighted by Gasteiger charge is -2.11. The molecule has 0 radical (unpaired) electrons. The van der Waals surface area contributed by atoms with Gasteiger partial charge in [-0.2, -0.15) is 0 Å². The van der Waals surface area contributed by atoms with E-state index >= 15 is 0 Å². The van der Waals surface area contributed by atoms with Crippen LogP contribution >= 0.6 is 11.8 Å². The van der Waals surface area contributed by atoms with Crippen LogP contribution in [0.2, 0.25) is 0 Å². The Balaban J connectivity index is 1.75. The Morgan fingerprint density at radius 2 is 2.15 bits per heavy atom. The van der Waals surface area contributed by atoms with Gasteiger partial charge in [0.25, 0.3) is 0 Å². The quantitative estimate of drug-likeness (QED) is 0.804. The summed E-state index contributed by atoms with van der Waals surface area (Å²) in [5, 5.41) is 2.83. The van der Waals surface area contributed by atoms with Gasteiger partial charge in [-0.05, 0) is 26.0 Å². The van der Waals surface area contributed by atoms with E-state index in [1.165, 1.54) is 5.56 Å². The van der Waals surface area contributed by atoms with Crippen LogP contribution in [0.1, 0.15) is 18.3 Å². The molecule has 5 heteroatoms. The number of nitrogens with zero attached hydrogens (tertiary/aromatic N) is 1. The molecule has 2 rings (SSSR count). The van der Waals surface area contributed by atoms with Crippen LogP contribution in [0.5, 0.6) is 0 Å². The Hall–Kier alpha value is -1.75. The van der Waals surface area contributed by atoms with Gasteiger partial charge in [-0.1, -0.05) is 17.7 Å². The highest BCUT2D eigenvalue weighted by Gasteiger charge is 2.13. The highest BCUT2D eigenvalue weighted by Crippen LogP contribution is 2.23. The zero-order chi connectivity index (χ0) is 14.4. The maximum atomic E-state index is 12.0. The molecule has 2 aromatic rings. The molecule has 1 unspecified atom stereocenters. The van der Waals surface area contributed by atoms with E-state index in [2.05, 4.69) is 34.3 Å². The lowest BCUT2D eigenvalue weighted by atomic mass is 10.2. The molecule has 20 heavy (non-hydrogen) atoms. The number of thioether (sulfide) groups is 1. The monoisotopic (exact) mass is 289 g/mol. The van der Waals surface area contributed by atoms with Crippen LogP contribution in [0.3, 0.4) is 0 Å². The minimum Gasteiger partial charge on any atom is -0.355 e. The van der Waals surface area contributed by atoms with Gasteiger partial charge in [0.15, 0.2) is 0 Å². The first-order chi connectivity index (χ1) is 9.65. The van der Waals surface area contributed by atoms with Gasteiger partial charge in [-0.3, -0.25) is 4.79 Å². The van der Waals surface area contributed by atoms with Crippen molar-refractivity contribution >= 4 is 17.7 Å². The number of H-pyrrole nitrogens is 1. The van der Waals surface area contributed by atoms with Gasteiger partial charge in [-0.25, -0.2) is 4.98 Å². The molecule has 2 N–H and O–H groups in total. The summed E-state index contributed by atoms with van der Waals surface area (Å²) in [6.45, 7) is 4.58. The standard InChI is InChI=1S/C15H19N3OS/c1-11-3-5-13(6-4-11)20-12(2)15(19)18-8-7-14-16-9-10-17-14/h3-6,9-10,12H,7-8H2,1-2H3,(H,16,17)(H,18,19). The molecule has 0 spiro atoms. The third kappa shape index (κ3) is 4.42. The summed E-state index contributed by atoms with van der Waals surface area (Å²) < 4.78 is 0. The second kappa shape index (κ2) is 7.14. The number of imidazole rings is 1. The first-order valence-electron chi connectivity index (χ1n) is 6.64. The van der Waals surface area contributed by atoms with Gasteiger partial charge in [0.2, 0.25) is 5.91 Å². The Kier molecular flexibility index (Phi) is 5.24. The average molecular weight is 289 g/mol. The number of carbonyl (C=O) groups excluding carboxylic acids is 1. The third-order valence-corrected chi connectivity index (χ3v) is 4.03. The predicted molar refractivity (Wildman–Crippen MR) is 81.8 cm³/mol. The lowest BCUT2D eigenvalue weighted by molar-refractivity contribution is -0.120. The smallest absolute Gasteiger partial charge is 0.233 e. The molecule has 1 atom stereocenters. The number of carbonyl (C=O) groups is 1. The van der Waals surface area contributed by atoms with Crippen LogP contribution in [0.4, 0.5) is 0 Å². The summed E-state index contributed by atoms with van der Waals surface area (Å²) in [5.41, 5.74) is 1.23. The molecular weight excluding hydrogens is 270 g/mol. The van der Waals surface area contributed by atoms with Gasteiger partial charge in [-0.15, -0.1) is 11.8 Å². The van der Waals surface area contributed by atoms with Crippen LogP contribution in [0, 0.1) is 6.92 Å². The lowest BCUT2D eigenvalue weighted by Crippen LogP contribution is -2.32. The van der Waals surface area contributed by atoms with E-state index < -0.39 is 0 Å². The van der Waals surface area contributed by atoms with Crippen molar-refractivity contribution in [3.05, 3.63) is 48.0 Å². The number of aryl methyl sites for hydroxylation is 1. The molecule has 1 heterocycles. The number of aromatic nitrogens is 2. The highest BCUT2D eigenvalue weighted by molar-refractivity contribution is 8.00. The summed E-state index contributed by atoms with van der Waals surface area (Å²) in [6.07, 6.45) is 4.22. The predicted octanol–water partition coefficient (Wildman–Crippen LogP) is 2.56. The van der Waals surface area contributed by atoms with Gasteiger partial charge >= 0.3 is 0 Å². The van der Waals surface area contributed by atoms with Crippen LogP contribution in [-0.4, -0.2) is 27.7 Å². The molecule has 0 aliphatic heterocycles. The van der Waals surface area contributed by atoms with E-state index in [0.717, 1.165) is 17.1 Å². The molecule has 106 valence electrons. The first-order valence-corrected chi connectivity index (χ1v) is 7.52. The second-order valence-electron chi connectivity index (χ2n) is 4.65. The summed E-state index contributed by atoms with van der Waals surface area (Å²) in [7, 11) is 0. The van der Waals surface area contributed by atoms with Crippen LogP contribution in [0.25, 0.3) is 0 Å². The number of nitrogens with one attached hydrogen (secondary N) is 2. The number of hydrogen-bond acceptors (Lipinski definition) is 3. The zero-order valence-corrected chi connectivity index (χ0v) is 12.5. The summed E-state index contributed by atoms with van der Waals surface area (Å²) in [6, 6.07) is 8.22. The minimum absolute atomic E-state index is 0.0575. The van der Waals surface area contributed by atoms with E-state index in [1.807, 2.05) is 19.1 Å². The van der Waals surface area contributed by atoms with Crippen molar-refractivity contribution in [2.45, 2.75) is 30.4 Å². The van der Waals surface area contributed by atoms with E-state index in [-0.39, 0.29) is 11.2 Å². The largest absolute Gasteiger partial charge is 0.355 e. The van der Waals surface area contributed by atoms with Crippen molar-refractivity contribution in [2.75, 3.05) is 6.54 Å². The molecule has 1 aromatic heterocycles. The molecule has 4 nitrogen and oxygen atoms in total. The van der Waals surface area contributed by atoms with Crippen molar-refractivity contribution < 1.29 is 4.79 Å². The Labute approximate surface area is 123 Å². The second-order valence-corrected chi connectivity index (χ2v) is 6.06. The maximum Gasteiger partial charge on any atom is 0.233 e. The van der Waals surface area contributed by atoms with Gasteiger partial charge in [0.1, 0.15) is 5.82 Å². The Morgan fingerprint density at radius 3 is 2.80 bits per heavy atom. The molecule has 0 aliphatic rings. The Morgan fingerprint density at radius 1 is 1.40 bits per heavy atom. The number of hydrogen-bond donors (Lipinski definition) is 2. The topological polar surface area (TPSA) is 57.8 Å². The number of rotatable bonds is 6. The minimum atomic E-state index is -0.102. The van der Waals surface area contributed by atoms with E-state index in [1.54, 1.807) is 24.2 Å². The molecule has 1 amide bonds. The van der Waals surface area contributed by atoms with E-state index in [0.29, 0.717) is 6.54 Å². The third-order valence-electron chi connectivity index (χ3n) is 2.92. The van der Waals surface area contributed by atoms with Crippen molar-refractivity contribution in [1.29, 1.82) is 0 Å². The SMILES string of the molecule is Cc1ccc(SC(C)C(=O)NCCc2ncc[nH]2)cc1. The molecule has 1 aromatic carbocycles. The number of aromatic amines is 1. The highest BCUT2D eigenvalue weighted by atomic mass is 32.2. The normalized spacial score (nSPS) is 12.1. The molecule has 0 aliphatic carbocycles. The average Bonchev–Trinajstić information content (AvgIpc) is 2.94. The molecule has 0 saturated heterocycles. The first kappa shape index (κ1) is 14.7. The zero-order valence-electron chi connectivity index (χ0n) is 11.7. The fourth-order valence-corrected chi connectivity index (χ4v) is 2.65. The van der Waals surface area contributed by atoms with Gasteiger partial charge in [0.05, 0.1) is 5.25 Å².